The molecule has 0 bridgehead atoms. The van der Waals surface area contributed by atoms with Gasteiger partial charge < -0.3 is 14.8 Å². The van der Waals surface area contributed by atoms with Gasteiger partial charge in [0.1, 0.15) is 10.8 Å². The summed E-state index contributed by atoms with van der Waals surface area (Å²) in [6.07, 6.45) is 1.99. The molecule has 30 heavy (non-hydrogen) atoms. The number of carbonyl (C=O) groups excluding carboxylic acids is 2. The summed E-state index contributed by atoms with van der Waals surface area (Å²) in [7, 11) is 1.37. The average Bonchev–Trinajstić information content (AvgIpc) is 3.05. The summed E-state index contributed by atoms with van der Waals surface area (Å²) in [6, 6.07) is 6.83. The van der Waals surface area contributed by atoms with Crippen molar-refractivity contribution < 1.29 is 19.1 Å². The average molecular weight is 450 g/mol. The molecule has 7 heteroatoms. The van der Waals surface area contributed by atoms with Gasteiger partial charge in [0.05, 0.1) is 12.7 Å². The first-order valence-corrected chi connectivity index (χ1v) is 11.3. The maximum absolute atomic E-state index is 12.8. The molecule has 2 atom stereocenters. The zero-order chi connectivity index (χ0) is 22.1. The van der Waals surface area contributed by atoms with Crippen LogP contribution in [0.3, 0.4) is 0 Å². The van der Waals surface area contributed by atoms with Gasteiger partial charge in [-0.15, -0.1) is 11.3 Å². The molecule has 1 aromatic heterocycles. The first-order chi connectivity index (χ1) is 14.1. The molecule has 1 amide bonds. The highest BCUT2D eigenvalue weighted by molar-refractivity contribution is 7.17. The fourth-order valence-corrected chi connectivity index (χ4v) is 5.16. The molecule has 0 saturated heterocycles. The zero-order valence-corrected chi connectivity index (χ0v) is 19.6. The molecule has 1 aromatic carbocycles. The van der Waals surface area contributed by atoms with Crippen LogP contribution in [-0.4, -0.2) is 25.1 Å². The van der Waals surface area contributed by atoms with Gasteiger partial charge in [0.25, 0.3) is 5.91 Å². The summed E-state index contributed by atoms with van der Waals surface area (Å²) >= 11 is 7.36. The minimum Gasteiger partial charge on any atom is -0.481 e. The van der Waals surface area contributed by atoms with E-state index in [0.717, 1.165) is 29.7 Å². The van der Waals surface area contributed by atoms with E-state index in [1.54, 1.807) is 31.2 Å². The topological polar surface area (TPSA) is 64.6 Å². The van der Waals surface area contributed by atoms with Crippen LogP contribution in [0, 0.1) is 11.3 Å². The molecule has 3 rings (SSSR count). The molecular formula is C23H28ClNO4S. The number of halogens is 1. The molecule has 1 heterocycles. The van der Waals surface area contributed by atoms with Crippen LogP contribution >= 0.6 is 22.9 Å². The van der Waals surface area contributed by atoms with E-state index in [1.165, 1.54) is 18.4 Å². The molecule has 0 fully saturated rings. The molecule has 2 aromatic rings. The van der Waals surface area contributed by atoms with Crippen molar-refractivity contribution in [2.45, 2.75) is 53.1 Å². The number of hydrogen-bond donors (Lipinski definition) is 1. The number of nitrogens with one attached hydrogen (secondary N) is 1. The van der Waals surface area contributed by atoms with E-state index in [4.69, 9.17) is 21.1 Å². The fourth-order valence-electron chi connectivity index (χ4n) is 3.72. The van der Waals surface area contributed by atoms with E-state index in [0.29, 0.717) is 27.3 Å². The van der Waals surface area contributed by atoms with Gasteiger partial charge in [-0.05, 0) is 67.3 Å². The summed E-state index contributed by atoms with van der Waals surface area (Å²) in [5.41, 5.74) is 1.68. The standard InChI is InChI=1S/C23H28ClNO4S/c1-13(29-16-9-7-15(24)8-10-16)20(26)25-21-19(22(27)28-5)17-11-6-14(23(2,3)4)12-18(17)30-21/h7-10,13-14H,6,11-12H2,1-5H3,(H,25,26). The van der Waals surface area contributed by atoms with Gasteiger partial charge in [-0.1, -0.05) is 32.4 Å². The molecule has 0 radical (unpaired) electrons. The second-order valence-corrected chi connectivity index (χ2v) is 10.3. The highest BCUT2D eigenvalue weighted by atomic mass is 35.5. The van der Waals surface area contributed by atoms with Crippen LogP contribution in [0.1, 0.15) is 54.9 Å². The van der Waals surface area contributed by atoms with Gasteiger partial charge in [0.2, 0.25) is 0 Å². The Labute approximate surface area is 186 Å². The molecule has 0 aliphatic heterocycles. The van der Waals surface area contributed by atoms with Crippen LogP contribution in [0.5, 0.6) is 5.75 Å². The lowest BCUT2D eigenvalue weighted by Crippen LogP contribution is -2.30. The Morgan fingerprint density at radius 1 is 1.23 bits per heavy atom. The van der Waals surface area contributed by atoms with Crippen molar-refractivity contribution in [3.8, 4) is 5.75 Å². The largest absolute Gasteiger partial charge is 0.481 e. The van der Waals surface area contributed by atoms with Crippen LogP contribution in [0.2, 0.25) is 5.02 Å². The number of rotatable bonds is 5. The maximum Gasteiger partial charge on any atom is 0.341 e. The summed E-state index contributed by atoms with van der Waals surface area (Å²) < 4.78 is 10.7. The van der Waals surface area contributed by atoms with E-state index in [2.05, 4.69) is 26.1 Å². The second kappa shape index (κ2) is 8.98. The summed E-state index contributed by atoms with van der Waals surface area (Å²) in [4.78, 5) is 26.4. The third kappa shape index (κ3) is 4.98. The van der Waals surface area contributed by atoms with Gasteiger partial charge in [0, 0.05) is 9.90 Å². The lowest BCUT2D eigenvalue weighted by atomic mass is 9.72. The highest BCUT2D eigenvalue weighted by Gasteiger charge is 2.34. The SMILES string of the molecule is COC(=O)c1c(NC(=O)C(C)Oc2ccc(Cl)cc2)sc2c1CCC(C(C)(C)C)C2. The maximum atomic E-state index is 12.8. The molecule has 1 aliphatic carbocycles. The monoisotopic (exact) mass is 449 g/mol. The number of benzene rings is 1. The van der Waals surface area contributed by atoms with Gasteiger partial charge in [-0.25, -0.2) is 4.79 Å². The Morgan fingerprint density at radius 3 is 2.50 bits per heavy atom. The Balaban J connectivity index is 1.81. The smallest absolute Gasteiger partial charge is 0.341 e. The van der Waals surface area contributed by atoms with Gasteiger partial charge >= 0.3 is 5.97 Å². The number of methoxy groups -OCH3 is 1. The Hall–Kier alpha value is -2.05. The summed E-state index contributed by atoms with van der Waals surface area (Å²) in [5.74, 6) is 0.350. The third-order valence-corrected chi connectivity index (χ3v) is 7.03. The van der Waals surface area contributed by atoms with Crippen LogP contribution in [0.4, 0.5) is 5.00 Å². The molecule has 162 valence electrons. The summed E-state index contributed by atoms with van der Waals surface area (Å²) in [6.45, 7) is 8.41. The minimum absolute atomic E-state index is 0.192. The van der Waals surface area contributed by atoms with Crippen molar-refractivity contribution in [1.82, 2.24) is 0 Å². The fraction of sp³-hybridized carbons (Fsp3) is 0.478. The third-order valence-electron chi connectivity index (χ3n) is 5.61. The Kier molecular flexibility index (Phi) is 6.78. The lowest BCUT2D eigenvalue weighted by Gasteiger charge is -2.33. The van der Waals surface area contributed by atoms with Crippen molar-refractivity contribution >= 4 is 39.8 Å². The predicted octanol–water partition coefficient (Wildman–Crippen LogP) is 5.75. The molecular weight excluding hydrogens is 422 g/mol. The summed E-state index contributed by atoms with van der Waals surface area (Å²) in [5, 5.41) is 4.03. The van der Waals surface area contributed by atoms with E-state index in [1.807, 2.05) is 0 Å². The van der Waals surface area contributed by atoms with Crippen molar-refractivity contribution in [2.75, 3.05) is 12.4 Å². The van der Waals surface area contributed by atoms with Crippen molar-refractivity contribution in [1.29, 1.82) is 0 Å². The van der Waals surface area contributed by atoms with E-state index in [-0.39, 0.29) is 11.3 Å². The van der Waals surface area contributed by atoms with Crippen LogP contribution < -0.4 is 10.1 Å². The normalized spacial score (nSPS) is 17.1. The number of esters is 1. The highest BCUT2D eigenvalue weighted by Crippen LogP contribution is 2.44. The van der Waals surface area contributed by atoms with Crippen LogP contribution in [-0.2, 0) is 22.4 Å². The zero-order valence-electron chi connectivity index (χ0n) is 18.0. The van der Waals surface area contributed by atoms with Crippen molar-refractivity contribution in [3.63, 3.8) is 0 Å². The van der Waals surface area contributed by atoms with Gasteiger partial charge in [-0.2, -0.15) is 0 Å². The Morgan fingerprint density at radius 2 is 1.90 bits per heavy atom. The van der Waals surface area contributed by atoms with E-state index < -0.39 is 12.1 Å². The number of thiophene rings is 1. The number of amides is 1. The van der Waals surface area contributed by atoms with E-state index in [9.17, 15) is 9.59 Å². The van der Waals surface area contributed by atoms with Gasteiger partial charge in [-0.3, -0.25) is 4.79 Å². The number of hydrogen-bond acceptors (Lipinski definition) is 5. The molecule has 5 nitrogen and oxygen atoms in total. The number of carbonyl (C=O) groups is 2. The quantitative estimate of drug-likeness (QED) is 0.590. The molecule has 0 spiro atoms. The molecule has 2 unspecified atom stereocenters. The number of anilines is 1. The van der Waals surface area contributed by atoms with Crippen LogP contribution in [0.15, 0.2) is 24.3 Å². The first kappa shape index (κ1) is 22.6. The predicted molar refractivity (Wildman–Crippen MR) is 121 cm³/mol. The van der Waals surface area contributed by atoms with Crippen molar-refractivity contribution in [3.05, 3.63) is 45.3 Å². The number of fused-ring (bicyclic) bond motifs is 1. The lowest BCUT2D eigenvalue weighted by molar-refractivity contribution is -0.122. The van der Waals surface area contributed by atoms with Crippen LogP contribution in [0.25, 0.3) is 0 Å². The molecule has 0 saturated carbocycles. The second-order valence-electron chi connectivity index (χ2n) is 8.71. The Bertz CT molecular complexity index is 930. The van der Waals surface area contributed by atoms with E-state index >= 15 is 0 Å². The molecule has 1 N–H and O–H groups in total. The molecule has 1 aliphatic rings. The van der Waals surface area contributed by atoms with Gasteiger partial charge in [0.15, 0.2) is 6.10 Å². The van der Waals surface area contributed by atoms with Crippen molar-refractivity contribution in [2.24, 2.45) is 11.3 Å². The number of ether oxygens (including phenoxy) is 2. The minimum atomic E-state index is -0.738. The first-order valence-electron chi connectivity index (χ1n) is 10.1.